The fourth-order valence-electron chi connectivity index (χ4n) is 3.03. The maximum Gasteiger partial charge on any atom is 0.305 e. The van der Waals surface area contributed by atoms with Crippen LogP contribution < -0.4 is 5.32 Å². The Labute approximate surface area is 103 Å². The molecule has 17 heavy (non-hydrogen) atoms. The number of carboxylic acids is 1. The van der Waals surface area contributed by atoms with E-state index in [-0.39, 0.29) is 12.0 Å². The number of carbonyl (C=O) groups is 1. The third-order valence-corrected chi connectivity index (χ3v) is 4.88. The van der Waals surface area contributed by atoms with Crippen molar-refractivity contribution in [2.75, 3.05) is 26.2 Å². The maximum absolute atomic E-state index is 11.0. The van der Waals surface area contributed by atoms with Crippen LogP contribution in [0.2, 0.25) is 0 Å². The molecule has 98 valence electrons. The van der Waals surface area contributed by atoms with Crippen LogP contribution in [0, 0.1) is 5.41 Å². The molecule has 0 aromatic carbocycles. The second-order valence-electron chi connectivity index (χ2n) is 6.05. The van der Waals surface area contributed by atoms with Crippen LogP contribution in [-0.2, 0) is 4.79 Å². The number of likely N-dealkylation sites (tertiary alicyclic amines) is 1. The van der Waals surface area contributed by atoms with Crippen LogP contribution >= 0.6 is 0 Å². The van der Waals surface area contributed by atoms with E-state index < -0.39 is 5.97 Å². The molecule has 0 unspecified atom stereocenters. The zero-order valence-corrected chi connectivity index (χ0v) is 11.0. The molecule has 2 N–H and O–H groups in total. The van der Waals surface area contributed by atoms with Crippen molar-refractivity contribution in [2.45, 2.75) is 45.1 Å². The van der Waals surface area contributed by atoms with Crippen molar-refractivity contribution in [3.8, 4) is 0 Å². The van der Waals surface area contributed by atoms with Gasteiger partial charge in [-0.15, -0.1) is 0 Å². The minimum Gasteiger partial charge on any atom is -0.481 e. The van der Waals surface area contributed by atoms with Crippen molar-refractivity contribution in [1.82, 2.24) is 10.2 Å². The Kier molecular flexibility index (Phi) is 3.46. The standard InChI is InChI=1S/C13H24N2O2/c1-3-12(2)4-6-15(7-5-12)13(8-11(16)17)9-14-10-13/h14H,3-10H2,1-2H3,(H,16,17). The average molecular weight is 240 g/mol. The summed E-state index contributed by atoms with van der Waals surface area (Å²) in [6.45, 7) is 8.39. The molecule has 0 spiro atoms. The molecule has 4 heteroatoms. The predicted octanol–water partition coefficient (Wildman–Crippen LogP) is 1.32. The van der Waals surface area contributed by atoms with E-state index >= 15 is 0 Å². The number of nitrogens with zero attached hydrogens (tertiary/aromatic N) is 1. The third-order valence-electron chi connectivity index (χ3n) is 4.88. The van der Waals surface area contributed by atoms with Gasteiger partial charge < -0.3 is 10.4 Å². The van der Waals surface area contributed by atoms with Gasteiger partial charge in [0.15, 0.2) is 0 Å². The minimum absolute atomic E-state index is 0.0963. The van der Waals surface area contributed by atoms with E-state index in [1.807, 2.05) is 0 Å². The molecule has 2 aliphatic rings. The first kappa shape index (κ1) is 12.8. The van der Waals surface area contributed by atoms with E-state index in [1.54, 1.807) is 0 Å². The Morgan fingerprint density at radius 3 is 2.29 bits per heavy atom. The number of piperidine rings is 1. The molecule has 0 radical (unpaired) electrons. The molecule has 2 fully saturated rings. The summed E-state index contributed by atoms with van der Waals surface area (Å²) < 4.78 is 0. The fraction of sp³-hybridized carbons (Fsp3) is 0.923. The van der Waals surface area contributed by atoms with E-state index in [4.69, 9.17) is 5.11 Å². The third kappa shape index (κ3) is 2.47. The first-order valence-electron chi connectivity index (χ1n) is 6.67. The largest absolute Gasteiger partial charge is 0.481 e. The zero-order chi connectivity index (χ0) is 12.5. The summed E-state index contributed by atoms with van der Waals surface area (Å²) in [4.78, 5) is 13.4. The van der Waals surface area contributed by atoms with Gasteiger partial charge in [-0.05, 0) is 31.3 Å². The summed E-state index contributed by atoms with van der Waals surface area (Å²) in [5, 5.41) is 12.3. The smallest absolute Gasteiger partial charge is 0.305 e. The van der Waals surface area contributed by atoms with Crippen LogP contribution in [-0.4, -0.2) is 47.7 Å². The van der Waals surface area contributed by atoms with Gasteiger partial charge in [0.1, 0.15) is 0 Å². The summed E-state index contributed by atoms with van der Waals surface area (Å²) >= 11 is 0. The topological polar surface area (TPSA) is 52.6 Å². The molecule has 2 rings (SSSR count). The number of hydrogen-bond donors (Lipinski definition) is 2. The van der Waals surface area contributed by atoms with Gasteiger partial charge in [-0.3, -0.25) is 9.69 Å². The Hall–Kier alpha value is -0.610. The lowest BCUT2D eigenvalue weighted by atomic mass is 9.75. The maximum atomic E-state index is 11.0. The van der Waals surface area contributed by atoms with E-state index in [0.29, 0.717) is 5.41 Å². The van der Waals surface area contributed by atoms with Gasteiger partial charge >= 0.3 is 5.97 Å². The number of rotatable bonds is 4. The minimum atomic E-state index is -0.671. The first-order valence-corrected chi connectivity index (χ1v) is 6.67. The molecule has 2 aliphatic heterocycles. The predicted molar refractivity (Wildman–Crippen MR) is 67.1 cm³/mol. The molecule has 0 aromatic rings. The summed E-state index contributed by atoms with van der Waals surface area (Å²) in [7, 11) is 0. The normalized spacial score (nSPS) is 27.4. The Morgan fingerprint density at radius 1 is 1.35 bits per heavy atom. The zero-order valence-electron chi connectivity index (χ0n) is 11.0. The van der Waals surface area contributed by atoms with Gasteiger partial charge in [0.25, 0.3) is 0 Å². The monoisotopic (exact) mass is 240 g/mol. The molecule has 0 aliphatic carbocycles. The van der Waals surface area contributed by atoms with Gasteiger partial charge in [0.2, 0.25) is 0 Å². The van der Waals surface area contributed by atoms with Crippen molar-refractivity contribution in [3.05, 3.63) is 0 Å². The van der Waals surface area contributed by atoms with Crippen molar-refractivity contribution in [2.24, 2.45) is 5.41 Å². The lowest BCUT2D eigenvalue weighted by Gasteiger charge is -2.53. The van der Waals surface area contributed by atoms with Gasteiger partial charge in [-0.25, -0.2) is 0 Å². The lowest BCUT2D eigenvalue weighted by molar-refractivity contribution is -0.142. The van der Waals surface area contributed by atoms with Gasteiger partial charge in [0, 0.05) is 13.1 Å². The van der Waals surface area contributed by atoms with Crippen LogP contribution in [0.4, 0.5) is 0 Å². The number of aliphatic carboxylic acids is 1. The number of hydrogen-bond acceptors (Lipinski definition) is 3. The second kappa shape index (κ2) is 4.58. The van der Waals surface area contributed by atoms with Gasteiger partial charge in [-0.1, -0.05) is 20.3 Å². The highest BCUT2D eigenvalue weighted by molar-refractivity contribution is 5.68. The van der Waals surface area contributed by atoms with Crippen LogP contribution in [0.5, 0.6) is 0 Å². The van der Waals surface area contributed by atoms with E-state index in [2.05, 4.69) is 24.1 Å². The molecule has 2 saturated heterocycles. The molecule has 0 bridgehead atoms. The molecule has 4 nitrogen and oxygen atoms in total. The SMILES string of the molecule is CCC1(C)CCN(C2(CC(=O)O)CNC2)CC1. The number of nitrogens with one attached hydrogen (secondary N) is 1. The quantitative estimate of drug-likeness (QED) is 0.778. The van der Waals surface area contributed by atoms with E-state index in [1.165, 1.54) is 19.3 Å². The molecule has 0 saturated carbocycles. The molecular formula is C13H24N2O2. The van der Waals surface area contributed by atoms with Gasteiger partial charge in [0.05, 0.1) is 12.0 Å². The van der Waals surface area contributed by atoms with Crippen molar-refractivity contribution in [3.63, 3.8) is 0 Å². The molecule has 2 heterocycles. The van der Waals surface area contributed by atoms with Crippen molar-refractivity contribution < 1.29 is 9.90 Å². The fourth-order valence-corrected chi connectivity index (χ4v) is 3.03. The highest BCUT2D eigenvalue weighted by atomic mass is 16.4. The average Bonchev–Trinajstić information content (AvgIpc) is 2.25. The van der Waals surface area contributed by atoms with Crippen LogP contribution in [0.3, 0.4) is 0 Å². The summed E-state index contributed by atoms with van der Waals surface area (Å²) in [6.07, 6.45) is 3.91. The van der Waals surface area contributed by atoms with Gasteiger partial charge in [-0.2, -0.15) is 0 Å². The first-order chi connectivity index (χ1) is 8.00. The molecule has 0 aromatic heterocycles. The molecule has 0 amide bonds. The Balaban J connectivity index is 1.97. The summed E-state index contributed by atoms with van der Waals surface area (Å²) in [5.41, 5.74) is 0.374. The Bertz CT molecular complexity index is 292. The van der Waals surface area contributed by atoms with E-state index in [9.17, 15) is 4.79 Å². The highest BCUT2D eigenvalue weighted by Gasteiger charge is 2.46. The molecule has 0 atom stereocenters. The van der Waals surface area contributed by atoms with Crippen molar-refractivity contribution in [1.29, 1.82) is 0 Å². The lowest BCUT2D eigenvalue weighted by Crippen LogP contribution is -2.70. The molecular weight excluding hydrogens is 216 g/mol. The second-order valence-corrected chi connectivity index (χ2v) is 6.05. The summed E-state index contributed by atoms with van der Waals surface area (Å²) in [5.74, 6) is -0.671. The van der Waals surface area contributed by atoms with E-state index in [0.717, 1.165) is 26.2 Å². The van der Waals surface area contributed by atoms with Crippen molar-refractivity contribution >= 4 is 5.97 Å². The van der Waals surface area contributed by atoms with Crippen LogP contribution in [0.15, 0.2) is 0 Å². The summed E-state index contributed by atoms with van der Waals surface area (Å²) in [6, 6.07) is 0. The Morgan fingerprint density at radius 2 is 1.94 bits per heavy atom. The highest BCUT2D eigenvalue weighted by Crippen LogP contribution is 2.38. The van der Waals surface area contributed by atoms with Crippen LogP contribution in [0.1, 0.15) is 39.5 Å². The number of carboxylic acid groups (broad SMARTS) is 1. The van der Waals surface area contributed by atoms with Crippen LogP contribution in [0.25, 0.3) is 0 Å².